The van der Waals surface area contributed by atoms with Crippen LogP contribution in [0.3, 0.4) is 0 Å². The van der Waals surface area contributed by atoms with Crippen LogP contribution in [-0.2, 0) is 0 Å². The molecule has 1 aromatic carbocycles. The summed E-state index contributed by atoms with van der Waals surface area (Å²) < 4.78 is 0. The second kappa shape index (κ2) is 6.81. The third-order valence-corrected chi connectivity index (χ3v) is 2.02. The van der Waals surface area contributed by atoms with Crippen molar-refractivity contribution in [3.8, 4) is 11.5 Å². The Morgan fingerprint density at radius 2 is 2.12 bits per heavy atom. The molecule has 5 heteroatoms. The van der Waals surface area contributed by atoms with Gasteiger partial charge < -0.3 is 21.3 Å². The summed E-state index contributed by atoms with van der Waals surface area (Å²) in [4.78, 5) is 4.12. The molecule has 0 heterocycles. The Bertz CT molecular complexity index is 353. The van der Waals surface area contributed by atoms with Crippen molar-refractivity contribution in [1.82, 2.24) is 5.32 Å². The van der Waals surface area contributed by atoms with E-state index in [-0.39, 0.29) is 11.5 Å². The van der Waals surface area contributed by atoms with Gasteiger partial charge in [-0.2, -0.15) is 0 Å². The predicted molar refractivity (Wildman–Crippen MR) is 64.2 cm³/mol. The number of aromatic hydroxyl groups is 2. The highest BCUT2D eigenvalue weighted by Gasteiger charge is 2.01. The number of aliphatic imine (C=N–C) groups is 1. The van der Waals surface area contributed by atoms with Gasteiger partial charge in [0, 0.05) is 31.4 Å². The Balaban J connectivity index is 2.41. The fourth-order valence-corrected chi connectivity index (χ4v) is 1.19. The highest BCUT2D eigenvalue weighted by molar-refractivity contribution is 5.84. The molecule has 0 saturated heterocycles. The molecule has 0 aromatic heterocycles. The van der Waals surface area contributed by atoms with E-state index in [4.69, 9.17) is 5.73 Å². The van der Waals surface area contributed by atoms with Crippen LogP contribution < -0.4 is 11.1 Å². The topological polar surface area (TPSA) is 90.9 Å². The lowest BCUT2D eigenvalue weighted by atomic mass is 10.2. The van der Waals surface area contributed by atoms with Crippen molar-refractivity contribution < 1.29 is 10.2 Å². The minimum Gasteiger partial charge on any atom is -0.504 e. The van der Waals surface area contributed by atoms with Crippen LogP contribution >= 0.6 is 0 Å². The minimum atomic E-state index is -0.138. The van der Waals surface area contributed by atoms with Crippen molar-refractivity contribution >= 4 is 6.21 Å². The van der Waals surface area contributed by atoms with Crippen LogP contribution in [-0.4, -0.2) is 42.6 Å². The Morgan fingerprint density at radius 1 is 1.31 bits per heavy atom. The van der Waals surface area contributed by atoms with Crippen LogP contribution in [0.15, 0.2) is 23.2 Å². The molecule has 0 amide bonds. The van der Waals surface area contributed by atoms with Crippen molar-refractivity contribution in [3.05, 3.63) is 23.8 Å². The number of para-hydroxylation sites is 1. The highest BCUT2D eigenvalue weighted by atomic mass is 16.3. The van der Waals surface area contributed by atoms with Crippen molar-refractivity contribution in [1.29, 1.82) is 0 Å². The molecule has 88 valence electrons. The van der Waals surface area contributed by atoms with E-state index in [0.717, 1.165) is 13.1 Å². The van der Waals surface area contributed by atoms with E-state index in [9.17, 15) is 10.2 Å². The standard InChI is InChI=1S/C11H17N3O2/c12-4-5-13-6-7-14-8-9-2-1-3-10(15)11(9)16/h1-3,8,13,15-16H,4-7,12H2. The van der Waals surface area contributed by atoms with Crippen LogP contribution in [0.1, 0.15) is 5.56 Å². The maximum absolute atomic E-state index is 9.46. The third-order valence-electron chi connectivity index (χ3n) is 2.02. The second-order valence-corrected chi connectivity index (χ2v) is 3.29. The number of phenols is 2. The zero-order valence-electron chi connectivity index (χ0n) is 9.06. The van der Waals surface area contributed by atoms with E-state index >= 15 is 0 Å². The molecule has 0 fully saturated rings. The Hall–Kier alpha value is -1.59. The lowest BCUT2D eigenvalue weighted by molar-refractivity contribution is 0.403. The number of hydrogen-bond acceptors (Lipinski definition) is 5. The number of rotatable bonds is 6. The molecule has 0 aliphatic carbocycles. The number of phenolic OH excluding ortho intramolecular Hbond substituents is 2. The van der Waals surface area contributed by atoms with Gasteiger partial charge in [0.05, 0.1) is 6.54 Å². The first kappa shape index (κ1) is 12.5. The lowest BCUT2D eigenvalue weighted by Crippen LogP contribution is -2.24. The van der Waals surface area contributed by atoms with Gasteiger partial charge in [-0.05, 0) is 12.1 Å². The summed E-state index contributed by atoms with van der Waals surface area (Å²) in [5.41, 5.74) is 5.82. The molecule has 5 N–H and O–H groups in total. The average molecular weight is 223 g/mol. The molecule has 5 nitrogen and oxygen atoms in total. The molecule has 0 atom stereocenters. The van der Waals surface area contributed by atoms with E-state index in [1.165, 1.54) is 6.07 Å². The van der Waals surface area contributed by atoms with Crippen molar-refractivity contribution in [3.63, 3.8) is 0 Å². The van der Waals surface area contributed by atoms with Crippen LogP contribution in [0.4, 0.5) is 0 Å². The average Bonchev–Trinajstić information content (AvgIpc) is 2.29. The summed E-state index contributed by atoms with van der Waals surface area (Å²) in [5, 5.41) is 21.8. The molecular weight excluding hydrogens is 206 g/mol. The van der Waals surface area contributed by atoms with E-state index < -0.39 is 0 Å². The summed E-state index contributed by atoms with van der Waals surface area (Å²) in [6, 6.07) is 4.77. The molecule has 0 spiro atoms. The quantitative estimate of drug-likeness (QED) is 0.312. The van der Waals surface area contributed by atoms with Gasteiger partial charge in [0.15, 0.2) is 11.5 Å². The Kier molecular flexibility index (Phi) is 5.31. The summed E-state index contributed by atoms with van der Waals surface area (Å²) >= 11 is 0. The molecule has 0 aliphatic heterocycles. The molecule has 0 saturated carbocycles. The largest absolute Gasteiger partial charge is 0.504 e. The van der Waals surface area contributed by atoms with Crippen LogP contribution in [0.5, 0.6) is 11.5 Å². The molecule has 1 rings (SSSR count). The summed E-state index contributed by atoms with van der Waals surface area (Å²) in [5.74, 6) is -0.272. The Labute approximate surface area is 94.6 Å². The monoisotopic (exact) mass is 223 g/mol. The summed E-state index contributed by atoms with van der Waals surface area (Å²) in [7, 11) is 0. The summed E-state index contributed by atoms with van der Waals surface area (Å²) in [6.45, 7) is 2.73. The first-order valence-electron chi connectivity index (χ1n) is 5.17. The molecule has 0 unspecified atom stereocenters. The van der Waals surface area contributed by atoms with Crippen molar-refractivity contribution in [2.24, 2.45) is 10.7 Å². The zero-order valence-corrected chi connectivity index (χ0v) is 9.06. The van der Waals surface area contributed by atoms with Crippen molar-refractivity contribution in [2.45, 2.75) is 0 Å². The van der Waals surface area contributed by atoms with E-state index in [1.54, 1.807) is 18.3 Å². The fraction of sp³-hybridized carbons (Fsp3) is 0.364. The molecule has 0 aliphatic rings. The van der Waals surface area contributed by atoms with Gasteiger partial charge in [-0.25, -0.2) is 0 Å². The smallest absolute Gasteiger partial charge is 0.166 e. The highest BCUT2D eigenvalue weighted by Crippen LogP contribution is 2.26. The van der Waals surface area contributed by atoms with Gasteiger partial charge in [0.25, 0.3) is 0 Å². The number of benzene rings is 1. The van der Waals surface area contributed by atoms with Gasteiger partial charge in [-0.1, -0.05) is 6.07 Å². The second-order valence-electron chi connectivity index (χ2n) is 3.29. The first-order chi connectivity index (χ1) is 7.75. The number of hydrogen-bond donors (Lipinski definition) is 4. The van der Waals surface area contributed by atoms with Crippen LogP contribution in [0.25, 0.3) is 0 Å². The maximum Gasteiger partial charge on any atom is 0.166 e. The van der Waals surface area contributed by atoms with Crippen molar-refractivity contribution in [2.75, 3.05) is 26.2 Å². The normalized spacial score (nSPS) is 11.1. The van der Waals surface area contributed by atoms with Gasteiger partial charge in [0.2, 0.25) is 0 Å². The molecule has 0 bridgehead atoms. The van der Waals surface area contributed by atoms with Gasteiger partial charge in [-0.15, -0.1) is 0 Å². The number of nitrogens with zero attached hydrogens (tertiary/aromatic N) is 1. The number of nitrogens with one attached hydrogen (secondary N) is 1. The lowest BCUT2D eigenvalue weighted by Gasteiger charge is -2.01. The Morgan fingerprint density at radius 3 is 2.88 bits per heavy atom. The van der Waals surface area contributed by atoms with E-state index in [1.807, 2.05) is 0 Å². The zero-order chi connectivity index (χ0) is 11.8. The molecule has 16 heavy (non-hydrogen) atoms. The molecular formula is C11H17N3O2. The van der Waals surface area contributed by atoms with E-state index in [0.29, 0.717) is 18.7 Å². The molecule has 1 aromatic rings. The fourth-order valence-electron chi connectivity index (χ4n) is 1.19. The maximum atomic E-state index is 9.46. The number of nitrogens with two attached hydrogens (primary N) is 1. The molecule has 0 radical (unpaired) electrons. The van der Waals surface area contributed by atoms with E-state index in [2.05, 4.69) is 10.3 Å². The third kappa shape index (κ3) is 3.88. The summed E-state index contributed by atoms with van der Waals surface area (Å²) in [6.07, 6.45) is 1.54. The minimum absolute atomic E-state index is 0.134. The van der Waals surface area contributed by atoms with Gasteiger partial charge in [-0.3, -0.25) is 4.99 Å². The SMILES string of the molecule is NCCNCCN=Cc1cccc(O)c1O. The van der Waals surface area contributed by atoms with Crippen LogP contribution in [0.2, 0.25) is 0 Å². The first-order valence-corrected chi connectivity index (χ1v) is 5.17. The predicted octanol–water partition coefficient (Wildman–Crippen LogP) is 0.0650. The van der Waals surface area contributed by atoms with Gasteiger partial charge >= 0.3 is 0 Å². The van der Waals surface area contributed by atoms with Crippen LogP contribution in [0, 0.1) is 0 Å². The van der Waals surface area contributed by atoms with Gasteiger partial charge in [0.1, 0.15) is 0 Å².